The molecule has 0 saturated carbocycles. The third kappa shape index (κ3) is 6.02. The monoisotopic (exact) mass is 413 g/mol. The van der Waals surface area contributed by atoms with E-state index >= 15 is 0 Å². The van der Waals surface area contributed by atoms with Gasteiger partial charge in [0.1, 0.15) is 5.69 Å². The molecule has 2 N–H and O–H groups in total. The highest BCUT2D eigenvalue weighted by molar-refractivity contribution is 5.93. The highest BCUT2D eigenvalue weighted by Crippen LogP contribution is 2.26. The lowest BCUT2D eigenvalue weighted by Gasteiger charge is -2.11. The van der Waals surface area contributed by atoms with Crippen LogP contribution in [0.15, 0.2) is 48.5 Å². The van der Waals surface area contributed by atoms with Gasteiger partial charge in [0.2, 0.25) is 0 Å². The Kier molecular flexibility index (Phi) is 7.34. The quantitative estimate of drug-likeness (QED) is 0.368. The second-order valence-corrected chi connectivity index (χ2v) is 6.84. The van der Waals surface area contributed by atoms with Crippen LogP contribution in [0.5, 0.6) is 0 Å². The molecule has 1 atom stereocenters. The van der Waals surface area contributed by atoms with E-state index < -0.39 is 23.4 Å². The molecular weight excluding hydrogens is 390 g/mol. The standard InChI is InChI=1S/C21H23N3O6/c25-20(23-13-17-7-4-10-29-17)14-30-21(26)16-8-9-18(19(11-16)24(27)28)22-12-15-5-2-1-3-6-15/h1-3,5-6,8-9,11,17,22H,4,7,10,12-14H2,(H,23,25)/t17-/m1/s1. The van der Waals surface area contributed by atoms with Gasteiger partial charge in [0, 0.05) is 25.8 Å². The summed E-state index contributed by atoms with van der Waals surface area (Å²) in [7, 11) is 0. The van der Waals surface area contributed by atoms with Crippen LogP contribution in [0.1, 0.15) is 28.8 Å². The second kappa shape index (κ2) is 10.4. The number of carbonyl (C=O) groups is 2. The smallest absolute Gasteiger partial charge is 0.338 e. The molecule has 0 unspecified atom stereocenters. The first-order valence-corrected chi connectivity index (χ1v) is 9.64. The molecule has 2 aromatic carbocycles. The second-order valence-electron chi connectivity index (χ2n) is 6.84. The molecule has 1 heterocycles. The van der Waals surface area contributed by atoms with Crippen molar-refractivity contribution >= 4 is 23.3 Å². The first-order valence-electron chi connectivity index (χ1n) is 9.64. The molecular formula is C21H23N3O6. The zero-order valence-electron chi connectivity index (χ0n) is 16.3. The number of hydrogen-bond donors (Lipinski definition) is 2. The van der Waals surface area contributed by atoms with Crippen LogP contribution in [-0.4, -0.2) is 42.7 Å². The zero-order chi connectivity index (χ0) is 21.3. The fourth-order valence-electron chi connectivity index (χ4n) is 3.05. The molecule has 1 saturated heterocycles. The molecule has 30 heavy (non-hydrogen) atoms. The van der Waals surface area contributed by atoms with Gasteiger partial charge < -0.3 is 20.1 Å². The Labute approximate surface area is 173 Å². The number of anilines is 1. The summed E-state index contributed by atoms with van der Waals surface area (Å²) in [4.78, 5) is 34.9. The molecule has 1 fully saturated rings. The molecule has 0 bridgehead atoms. The molecule has 3 rings (SSSR count). The van der Waals surface area contributed by atoms with E-state index in [2.05, 4.69) is 10.6 Å². The normalized spacial score (nSPS) is 15.4. The highest BCUT2D eigenvalue weighted by atomic mass is 16.6. The largest absolute Gasteiger partial charge is 0.452 e. The number of amides is 1. The summed E-state index contributed by atoms with van der Waals surface area (Å²) in [5.74, 6) is -1.26. The SMILES string of the molecule is O=C(COC(=O)c1ccc(NCc2ccccc2)c([N+](=O)[O-])c1)NC[C@H]1CCCO1. The Hall–Kier alpha value is -3.46. The summed E-state index contributed by atoms with van der Waals surface area (Å²) in [5, 5.41) is 17.1. The number of nitrogens with zero attached hydrogens (tertiary/aromatic N) is 1. The topological polar surface area (TPSA) is 120 Å². The number of esters is 1. The van der Waals surface area contributed by atoms with E-state index in [4.69, 9.17) is 9.47 Å². The molecule has 9 nitrogen and oxygen atoms in total. The first kappa shape index (κ1) is 21.3. The maximum absolute atomic E-state index is 12.2. The summed E-state index contributed by atoms with van der Waals surface area (Å²) >= 11 is 0. The Morgan fingerprint density at radius 3 is 2.70 bits per heavy atom. The molecule has 9 heteroatoms. The summed E-state index contributed by atoms with van der Waals surface area (Å²) < 4.78 is 10.4. The van der Waals surface area contributed by atoms with Crippen LogP contribution in [-0.2, 0) is 20.8 Å². The summed E-state index contributed by atoms with van der Waals surface area (Å²) in [6.45, 7) is 0.984. The minimum absolute atomic E-state index is 0.00103. The number of carbonyl (C=O) groups excluding carboxylic acids is 2. The van der Waals surface area contributed by atoms with Crippen molar-refractivity contribution in [1.29, 1.82) is 0 Å². The number of nitro benzene ring substituents is 1. The molecule has 0 radical (unpaired) electrons. The predicted molar refractivity (Wildman–Crippen MR) is 109 cm³/mol. The van der Waals surface area contributed by atoms with Gasteiger partial charge in [-0.15, -0.1) is 0 Å². The van der Waals surface area contributed by atoms with Crippen molar-refractivity contribution in [3.8, 4) is 0 Å². The number of rotatable bonds is 9. The number of hydrogen-bond acceptors (Lipinski definition) is 7. The van der Waals surface area contributed by atoms with Gasteiger partial charge in [-0.3, -0.25) is 14.9 Å². The van der Waals surface area contributed by atoms with Crippen molar-refractivity contribution in [2.45, 2.75) is 25.5 Å². The van der Waals surface area contributed by atoms with Gasteiger partial charge in [-0.05, 0) is 30.5 Å². The van der Waals surface area contributed by atoms with Gasteiger partial charge in [0.05, 0.1) is 16.6 Å². The van der Waals surface area contributed by atoms with E-state index in [0.29, 0.717) is 19.7 Å². The Morgan fingerprint density at radius 1 is 1.20 bits per heavy atom. The molecule has 0 aromatic heterocycles. The Morgan fingerprint density at radius 2 is 2.00 bits per heavy atom. The van der Waals surface area contributed by atoms with Gasteiger partial charge >= 0.3 is 5.97 Å². The third-order valence-corrected chi connectivity index (χ3v) is 4.64. The van der Waals surface area contributed by atoms with E-state index in [0.717, 1.165) is 24.5 Å². The molecule has 0 spiro atoms. The van der Waals surface area contributed by atoms with Crippen LogP contribution in [0.4, 0.5) is 11.4 Å². The Bertz CT molecular complexity index is 897. The van der Waals surface area contributed by atoms with E-state index in [9.17, 15) is 19.7 Å². The van der Waals surface area contributed by atoms with Crippen molar-refractivity contribution < 1.29 is 24.0 Å². The maximum atomic E-state index is 12.2. The summed E-state index contributed by atoms with van der Waals surface area (Å²) in [5.41, 5.74) is 1.00. The van der Waals surface area contributed by atoms with E-state index in [1.165, 1.54) is 12.1 Å². The molecule has 1 aliphatic rings. The van der Waals surface area contributed by atoms with Crippen molar-refractivity contribution in [2.24, 2.45) is 0 Å². The zero-order valence-corrected chi connectivity index (χ0v) is 16.3. The molecule has 1 aliphatic heterocycles. The van der Waals surface area contributed by atoms with Gasteiger partial charge in [0.25, 0.3) is 11.6 Å². The number of nitrogens with one attached hydrogen (secondary N) is 2. The van der Waals surface area contributed by atoms with Crippen LogP contribution in [0.2, 0.25) is 0 Å². The van der Waals surface area contributed by atoms with Crippen LogP contribution in [0.3, 0.4) is 0 Å². The maximum Gasteiger partial charge on any atom is 0.338 e. The van der Waals surface area contributed by atoms with Crippen molar-refractivity contribution in [3.05, 3.63) is 69.8 Å². The van der Waals surface area contributed by atoms with Crippen LogP contribution < -0.4 is 10.6 Å². The van der Waals surface area contributed by atoms with Crippen molar-refractivity contribution in [2.75, 3.05) is 25.1 Å². The Balaban J connectivity index is 1.55. The summed E-state index contributed by atoms with van der Waals surface area (Å²) in [6, 6.07) is 13.4. The molecule has 2 aromatic rings. The van der Waals surface area contributed by atoms with Crippen LogP contribution in [0, 0.1) is 10.1 Å². The van der Waals surface area contributed by atoms with Crippen LogP contribution >= 0.6 is 0 Å². The molecule has 158 valence electrons. The lowest BCUT2D eigenvalue weighted by molar-refractivity contribution is -0.384. The van der Waals surface area contributed by atoms with Gasteiger partial charge in [-0.2, -0.15) is 0 Å². The lowest BCUT2D eigenvalue weighted by atomic mass is 10.1. The van der Waals surface area contributed by atoms with E-state index in [1.807, 2.05) is 30.3 Å². The first-order chi connectivity index (χ1) is 14.5. The highest BCUT2D eigenvalue weighted by Gasteiger charge is 2.20. The van der Waals surface area contributed by atoms with Crippen LogP contribution in [0.25, 0.3) is 0 Å². The van der Waals surface area contributed by atoms with Crippen molar-refractivity contribution in [3.63, 3.8) is 0 Å². The molecule has 1 amide bonds. The van der Waals surface area contributed by atoms with E-state index in [-0.39, 0.29) is 23.0 Å². The van der Waals surface area contributed by atoms with Crippen molar-refractivity contribution in [1.82, 2.24) is 5.32 Å². The number of nitro groups is 1. The van der Waals surface area contributed by atoms with Gasteiger partial charge in [-0.1, -0.05) is 30.3 Å². The van der Waals surface area contributed by atoms with Gasteiger partial charge in [-0.25, -0.2) is 4.79 Å². The number of benzene rings is 2. The average molecular weight is 413 g/mol. The predicted octanol–water partition coefficient (Wildman–Crippen LogP) is 2.66. The molecule has 0 aliphatic carbocycles. The number of ether oxygens (including phenoxy) is 2. The minimum Gasteiger partial charge on any atom is -0.452 e. The van der Waals surface area contributed by atoms with Gasteiger partial charge in [0.15, 0.2) is 6.61 Å². The summed E-state index contributed by atoms with van der Waals surface area (Å²) in [6.07, 6.45) is 1.84. The average Bonchev–Trinajstić information content (AvgIpc) is 3.29. The fraction of sp³-hybridized carbons (Fsp3) is 0.333. The van der Waals surface area contributed by atoms with E-state index in [1.54, 1.807) is 0 Å². The minimum atomic E-state index is -0.806. The fourth-order valence-corrected chi connectivity index (χ4v) is 3.05. The lowest BCUT2D eigenvalue weighted by Crippen LogP contribution is -2.34. The third-order valence-electron chi connectivity index (χ3n) is 4.64.